The van der Waals surface area contributed by atoms with Gasteiger partial charge in [-0.1, -0.05) is 85.8 Å². The van der Waals surface area contributed by atoms with E-state index in [2.05, 4.69) is 96.0 Å². The maximum absolute atomic E-state index is 12.0. The molecular formula is C26H26N2O. The monoisotopic (exact) mass is 382 g/mol. The molecule has 3 heteroatoms. The van der Waals surface area contributed by atoms with Crippen molar-refractivity contribution >= 4 is 17.7 Å². The van der Waals surface area contributed by atoms with Gasteiger partial charge in [-0.15, -0.1) is 0 Å². The Balaban J connectivity index is 1.93. The summed E-state index contributed by atoms with van der Waals surface area (Å²) in [7, 11) is 0. The third kappa shape index (κ3) is 3.81. The minimum absolute atomic E-state index is 0.0516. The summed E-state index contributed by atoms with van der Waals surface area (Å²) in [5, 5.41) is 3.11. The number of para-hydroxylation sites is 1. The van der Waals surface area contributed by atoms with Gasteiger partial charge in [-0.25, -0.2) is 0 Å². The average Bonchev–Trinajstić information content (AvgIpc) is 2.75. The van der Waals surface area contributed by atoms with E-state index < -0.39 is 0 Å². The fourth-order valence-electron chi connectivity index (χ4n) is 4.28. The second kappa shape index (κ2) is 8.36. The van der Waals surface area contributed by atoms with Crippen LogP contribution in [0.15, 0.2) is 90.6 Å². The summed E-state index contributed by atoms with van der Waals surface area (Å²) in [4.78, 5) is 14.5. The number of amides is 1. The summed E-state index contributed by atoms with van der Waals surface area (Å²) in [5.41, 5.74) is 5.66. The molecule has 0 aliphatic carbocycles. The molecule has 1 N–H and O–H groups in total. The van der Waals surface area contributed by atoms with E-state index in [9.17, 15) is 4.79 Å². The second-order valence-corrected chi connectivity index (χ2v) is 7.39. The molecule has 146 valence electrons. The van der Waals surface area contributed by atoms with E-state index in [0.29, 0.717) is 0 Å². The molecular weight excluding hydrogens is 356 g/mol. The summed E-state index contributed by atoms with van der Waals surface area (Å²) in [6.45, 7) is 3.79. The first kappa shape index (κ1) is 19.0. The minimum atomic E-state index is -0.0693. The fraction of sp³-hybridized carbons (Fsp3) is 0.192. The predicted octanol–water partition coefficient (Wildman–Crippen LogP) is 5.88. The van der Waals surface area contributed by atoms with Crippen LogP contribution in [-0.2, 0) is 4.79 Å². The van der Waals surface area contributed by atoms with Crippen LogP contribution in [0, 0.1) is 0 Å². The first-order valence-electron chi connectivity index (χ1n) is 10.2. The molecule has 1 aliphatic heterocycles. The van der Waals surface area contributed by atoms with Gasteiger partial charge in [0.05, 0.1) is 12.1 Å². The number of carbonyl (C=O) groups is 1. The van der Waals surface area contributed by atoms with Gasteiger partial charge in [-0.05, 0) is 35.3 Å². The molecule has 3 aromatic carbocycles. The summed E-state index contributed by atoms with van der Waals surface area (Å²) >= 11 is 0. The average molecular weight is 383 g/mol. The van der Waals surface area contributed by atoms with E-state index in [1.54, 1.807) is 6.92 Å². The number of carbonyl (C=O) groups excluding carboxylic acids is 1. The van der Waals surface area contributed by atoms with Crippen LogP contribution in [0.25, 0.3) is 6.08 Å². The number of anilines is 1. The number of hydrogen-bond donors (Lipinski definition) is 1. The lowest BCUT2D eigenvalue weighted by molar-refractivity contribution is -0.118. The number of nitrogens with zero attached hydrogens (tertiary/aromatic N) is 1. The molecule has 0 spiro atoms. The highest BCUT2D eigenvalue weighted by Crippen LogP contribution is 2.45. The third-order valence-corrected chi connectivity index (χ3v) is 5.44. The summed E-state index contributed by atoms with van der Waals surface area (Å²) < 4.78 is 0. The number of rotatable bonds is 5. The molecule has 3 nitrogen and oxygen atoms in total. The van der Waals surface area contributed by atoms with E-state index in [-0.39, 0.29) is 18.0 Å². The maximum Gasteiger partial charge on any atom is 0.221 e. The van der Waals surface area contributed by atoms with Crippen molar-refractivity contribution in [2.45, 2.75) is 32.4 Å². The Hall–Kier alpha value is -3.33. The summed E-state index contributed by atoms with van der Waals surface area (Å²) in [6.07, 6.45) is 3.07. The van der Waals surface area contributed by atoms with Gasteiger partial charge in [0, 0.05) is 18.3 Å². The molecule has 1 heterocycles. The molecule has 1 aliphatic rings. The van der Waals surface area contributed by atoms with Crippen molar-refractivity contribution in [2.24, 2.45) is 0 Å². The van der Waals surface area contributed by atoms with Crippen LogP contribution in [0.5, 0.6) is 0 Å². The molecule has 4 rings (SSSR count). The molecule has 29 heavy (non-hydrogen) atoms. The lowest BCUT2D eigenvalue weighted by Gasteiger charge is -2.44. The van der Waals surface area contributed by atoms with Crippen LogP contribution in [0.1, 0.15) is 49.0 Å². The van der Waals surface area contributed by atoms with Crippen LogP contribution in [0.4, 0.5) is 5.69 Å². The Bertz CT molecular complexity index is 1010. The molecule has 2 atom stereocenters. The zero-order chi connectivity index (χ0) is 20.2. The molecule has 0 saturated heterocycles. The van der Waals surface area contributed by atoms with Gasteiger partial charge in [0.25, 0.3) is 0 Å². The Labute approximate surface area is 172 Å². The zero-order valence-corrected chi connectivity index (χ0v) is 16.9. The number of fused-ring (bicyclic) bond motifs is 1. The van der Waals surface area contributed by atoms with Gasteiger partial charge in [-0.3, -0.25) is 4.79 Å². The molecule has 1 amide bonds. The van der Waals surface area contributed by atoms with Crippen LogP contribution in [0.3, 0.4) is 0 Å². The largest absolute Gasteiger partial charge is 0.351 e. The quantitative estimate of drug-likeness (QED) is 0.598. The lowest BCUT2D eigenvalue weighted by Crippen LogP contribution is -2.40. The molecule has 0 radical (unpaired) electrons. The van der Waals surface area contributed by atoms with Crippen molar-refractivity contribution < 1.29 is 4.79 Å². The SMILES string of the molecule is CCC(c1ccccc1)N1c2ccccc2C=C(NC(C)=O)[C@@H]1c1ccccc1. The van der Waals surface area contributed by atoms with Gasteiger partial charge in [0.1, 0.15) is 0 Å². The van der Waals surface area contributed by atoms with Gasteiger partial charge in [-0.2, -0.15) is 0 Å². The summed E-state index contributed by atoms with van der Waals surface area (Å²) in [5.74, 6) is -0.0516. The standard InChI is InChI=1S/C26H26N2O/c1-3-24(20-12-6-4-7-13-20)28-25-17-11-10-16-22(25)18-23(27-19(2)29)26(28)21-14-8-5-9-15-21/h4-18,24,26H,3H2,1-2H3,(H,27,29)/t24?,26-/m0/s1. The number of benzene rings is 3. The normalized spacial score (nSPS) is 16.6. The summed E-state index contributed by atoms with van der Waals surface area (Å²) in [6, 6.07) is 29.6. The van der Waals surface area contributed by atoms with Crippen LogP contribution in [0.2, 0.25) is 0 Å². The van der Waals surface area contributed by atoms with Crippen molar-refractivity contribution in [1.82, 2.24) is 5.32 Å². The van der Waals surface area contributed by atoms with Gasteiger partial charge in [0.15, 0.2) is 0 Å². The van der Waals surface area contributed by atoms with Gasteiger partial charge < -0.3 is 10.2 Å². The van der Waals surface area contributed by atoms with Crippen LogP contribution in [-0.4, -0.2) is 5.91 Å². The van der Waals surface area contributed by atoms with Crippen molar-refractivity contribution in [3.05, 3.63) is 107 Å². The molecule has 0 bridgehead atoms. The lowest BCUT2D eigenvalue weighted by atomic mass is 9.89. The maximum atomic E-state index is 12.0. The number of hydrogen-bond acceptors (Lipinski definition) is 2. The highest BCUT2D eigenvalue weighted by molar-refractivity contribution is 5.82. The van der Waals surface area contributed by atoms with Gasteiger partial charge >= 0.3 is 0 Å². The molecule has 3 aromatic rings. The molecule has 0 aromatic heterocycles. The molecule has 1 unspecified atom stereocenters. The van der Waals surface area contributed by atoms with Crippen LogP contribution >= 0.6 is 0 Å². The smallest absolute Gasteiger partial charge is 0.221 e. The van der Waals surface area contributed by atoms with Crippen molar-refractivity contribution in [3.8, 4) is 0 Å². The highest BCUT2D eigenvalue weighted by atomic mass is 16.1. The molecule has 0 saturated carbocycles. The topological polar surface area (TPSA) is 32.3 Å². The van der Waals surface area contributed by atoms with E-state index in [1.807, 2.05) is 12.1 Å². The molecule has 0 fully saturated rings. The van der Waals surface area contributed by atoms with E-state index in [4.69, 9.17) is 0 Å². The zero-order valence-electron chi connectivity index (χ0n) is 16.9. The van der Waals surface area contributed by atoms with Crippen molar-refractivity contribution in [1.29, 1.82) is 0 Å². The third-order valence-electron chi connectivity index (χ3n) is 5.44. The van der Waals surface area contributed by atoms with Crippen LogP contribution < -0.4 is 10.2 Å². The first-order chi connectivity index (χ1) is 14.2. The van der Waals surface area contributed by atoms with E-state index in [0.717, 1.165) is 23.2 Å². The second-order valence-electron chi connectivity index (χ2n) is 7.39. The predicted molar refractivity (Wildman–Crippen MR) is 119 cm³/mol. The Morgan fingerprint density at radius 2 is 1.55 bits per heavy atom. The minimum Gasteiger partial charge on any atom is -0.351 e. The Morgan fingerprint density at radius 3 is 2.21 bits per heavy atom. The fourth-order valence-corrected chi connectivity index (χ4v) is 4.28. The van der Waals surface area contributed by atoms with E-state index >= 15 is 0 Å². The van der Waals surface area contributed by atoms with Crippen molar-refractivity contribution in [3.63, 3.8) is 0 Å². The number of nitrogens with one attached hydrogen (secondary N) is 1. The Kier molecular flexibility index (Phi) is 5.48. The van der Waals surface area contributed by atoms with Crippen molar-refractivity contribution in [2.75, 3.05) is 4.90 Å². The highest BCUT2D eigenvalue weighted by Gasteiger charge is 2.35. The first-order valence-corrected chi connectivity index (χ1v) is 10.2. The van der Waals surface area contributed by atoms with E-state index in [1.165, 1.54) is 11.3 Å². The Morgan fingerprint density at radius 1 is 0.931 bits per heavy atom. The van der Waals surface area contributed by atoms with Gasteiger partial charge in [0.2, 0.25) is 5.91 Å².